The molecule has 2 aliphatic heterocycles. The van der Waals surface area contributed by atoms with Crippen LogP contribution in [-0.4, -0.2) is 204 Å². The maximum Gasteiger partial charge on any atom is 1.00 e. The Morgan fingerprint density at radius 1 is 0.528 bits per heavy atom. The number of fused-ring (bicyclic) bond motifs is 4. The molecule has 2 aromatic carbocycles. The fourth-order valence-corrected chi connectivity index (χ4v) is 18.5. The van der Waals surface area contributed by atoms with E-state index in [1.165, 1.54) is 49.4 Å². The zero-order valence-corrected chi connectivity index (χ0v) is 74.6. The van der Waals surface area contributed by atoms with Gasteiger partial charge >= 0.3 is 42.7 Å². The molecule has 8 aliphatic rings. The molecular formula is C90H117Cl2LiN8O22. The third kappa shape index (κ3) is 21.8. The van der Waals surface area contributed by atoms with Crippen molar-refractivity contribution in [2.75, 3.05) is 78.6 Å². The predicted octanol–water partition coefficient (Wildman–Crippen LogP) is 10.9. The zero-order valence-electron chi connectivity index (χ0n) is 73.1. The van der Waals surface area contributed by atoms with Crippen LogP contribution >= 0.6 is 23.2 Å². The maximum atomic E-state index is 14.9. The van der Waals surface area contributed by atoms with Gasteiger partial charge in [0.1, 0.15) is 94.6 Å². The standard InChI is InChI=1S/2C45H57ClN4O10.Li.2H2O/c2*1-9-27-20-45(27,42(54)56-8)21-35(51)34-17-29(22-50(34)41(53)31(44(4,5)6)18-38(52)60-28-15-25-14-26(25)16-28)59-37-19-32(33-23-58-43(49-33)47-24(2)3)48-40-30(37)10-11-36(39(40)46)57-13-12-55-7;;;/h2*9-11,19,23-29,31,34H,1,12-18,20-22H2,2-8H3,(H,47,49);;2*1H2/q;;+1;;/p-1/t2*25-,26+,27-,28?,29-,31-,34+,45-;;;/m11.../s1. The molecule has 2 saturated heterocycles. The van der Waals surface area contributed by atoms with Gasteiger partial charge in [0.25, 0.3) is 12.0 Å². The fourth-order valence-electron chi connectivity index (χ4n) is 18.0. The Kier molecular flexibility index (Phi) is 31.2. The third-order valence-corrected chi connectivity index (χ3v) is 25.7. The van der Waals surface area contributed by atoms with Gasteiger partial charge < -0.3 is 87.6 Å². The number of likely N-dealkylation sites (tertiary alicyclic amines) is 2. The summed E-state index contributed by atoms with van der Waals surface area (Å²) in [4.78, 5) is 134. The minimum Gasteiger partial charge on any atom is -0.870 e. The largest absolute Gasteiger partial charge is 1.00 e. The van der Waals surface area contributed by atoms with E-state index in [1.54, 1.807) is 62.8 Å². The van der Waals surface area contributed by atoms with E-state index in [9.17, 15) is 38.4 Å². The molecule has 6 aromatic rings. The molecule has 0 radical (unpaired) electrons. The molecular weight excluding hydrogens is 1620 g/mol. The third-order valence-electron chi connectivity index (χ3n) is 25.0. The van der Waals surface area contributed by atoms with Crippen LogP contribution in [0.15, 0.2) is 83.1 Å². The van der Waals surface area contributed by atoms with E-state index in [0.717, 1.165) is 25.7 Å². The normalized spacial score (nSPS) is 25.4. The molecule has 4 aromatic heterocycles. The van der Waals surface area contributed by atoms with Gasteiger partial charge in [-0.25, -0.2) is 9.97 Å². The van der Waals surface area contributed by atoms with Crippen LogP contribution in [-0.2, 0) is 66.8 Å². The number of ether oxygens (including phenoxy) is 10. The van der Waals surface area contributed by atoms with Crippen molar-refractivity contribution < 1.29 is 124 Å². The number of carbonyl (C=O) groups is 8. The average molecular weight is 1740 g/mol. The number of rotatable bonds is 36. The Morgan fingerprint density at radius 2 is 0.894 bits per heavy atom. The van der Waals surface area contributed by atoms with Crippen LogP contribution in [0.25, 0.3) is 44.6 Å². The van der Waals surface area contributed by atoms with Gasteiger partial charge in [0.2, 0.25) is 11.8 Å². The summed E-state index contributed by atoms with van der Waals surface area (Å²) in [5.74, 6) is -1.04. The van der Waals surface area contributed by atoms with Gasteiger partial charge in [0, 0.05) is 74.9 Å². The molecule has 2 amide bonds. The summed E-state index contributed by atoms with van der Waals surface area (Å²) in [5.41, 5.74) is -0.989. The van der Waals surface area contributed by atoms with Gasteiger partial charge in [0.05, 0.1) is 111 Å². The first kappa shape index (κ1) is 96.4. The van der Waals surface area contributed by atoms with E-state index in [4.69, 9.17) is 89.4 Å². The number of oxazole rings is 2. The number of amides is 2. The van der Waals surface area contributed by atoms with E-state index in [0.29, 0.717) is 129 Å². The first-order chi connectivity index (χ1) is 57.1. The zero-order chi connectivity index (χ0) is 86.2. The molecule has 6 saturated carbocycles. The van der Waals surface area contributed by atoms with E-state index >= 15 is 0 Å². The Balaban J connectivity index is 0.000000251. The maximum absolute atomic E-state index is 14.9. The van der Waals surface area contributed by atoms with Crippen LogP contribution in [0.3, 0.4) is 0 Å². The van der Waals surface area contributed by atoms with Gasteiger partial charge in [0.15, 0.2) is 11.6 Å². The molecule has 0 spiro atoms. The van der Waals surface area contributed by atoms with Crippen LogP contribution in [0, 0.1) is 69.0 Å². The number of carbonyl (C=O) groups excluding carboxylic acids is 8. The van der Waals surface area contributed by atoms with E-state index in [2.05, 4.69) is 33.8 Å². The number of methoxy groups -OCH3 is 4. The summed E-state index contributed by atoms with van der Waals surface area (Å²) in [5, 5.41) is 7.93. The van der Waals surface area contributed by atoms with Crippen LogP contribution < -0.4 is 48.4 Å². The SMILES string of the molecule is C=C[C@@H]1C[C@]1(CC(=O)[C@@H]1C[C@@H](Oc2cc(-c3coc(NC(C)C)n3)nc3c(Cl)c(OCCOC)ccc23)CN1C(=O)[C@@H](CC(=O)OC1C[C@@H]2C[C@@H]2C1)C(C)(C)C)C(=O)OC.C=C[C@@H]1C[C@]1(CC(=O)[C@@H]1C[C@@H](Oc2cc(-c3coc(NC(C)C)n3)nc3c(Cl)c(OCCOC)ccc23)CN1C(=O)[C@@H](CC(=O)OC1C[C@@H]2C[C@@H]2C1)C(C)(C)C)C(=O)OC.O.[Li+].[OH-]. The topological polar surface area (TPSA) is 399 Å². The number of pyridine rings is 2. The molecule has 33 heteroatoms. The number of hydrogen-bond donors (Lipinski definition) is 2. The van der Waals surface area contributed by atoms with Crippen molar-refractivity contribution in [1.82, 2.24) is 29.7 Å². The molecule has 8 fully saturated rings. The number of benzene rings is 2. The Labute approximate surface area is 739 Å². The number of halogens is 2. The summed E-state index contributed by atoms with van der Waals surface area (Å²) in [6.07, 6.45) is 11.1. The fraction of sp³-hybridized carbons (Fsp3) is 0.600. The second-order valence-corrected chi connectivity index (χ2v) is 37.2. The van der Waals surface area contributed by atoms with E-state index in [1.807, 2.05) is 69.2 Å². The molecule has 5 N–H and O–H groups in total. The number of aromatic nitrogens is 4. The number of nitrogens with zero attached hydrogens (tertiary/aromatic N) is 6. The number of Topliss-reactive ketones (excluding diaryl/α,β-unsaturated/α-hetero) is 2. The smallest absolute Gasteiger partial charge is 0.870 e. The van der Waals surface area contributed by atoms with Crippen LogP contribution in [0.1, 0.15) is 159 Å². The van der Waals surface area contributed by atoms with Crippen molar-refractivity contribution in [3.05, 3.63) is 84.3 Å². The van der Waals surface area contributed by atoms with Crippen LogP contribution in [0.5, 0.6) is 23.0 Å². The Bertz CT molecular complexity index is 4550. The number of anilines is 2. The van der Waals surface area contributed by atoms with Gasteiger partial charge in [-0.3, -0.25) is 38.4 Å². The van der Waals surface area contributed by atoms with E-state index < -0.39 is 81.7 Å². The van der Waals surface area contributed by atoms with Crippen LogP contribution in [0.2, 0.25) is 10.0 Å². The van der Waals surface area contributed by atoms with Gasteiger partial charge in [-0.2, -0.15) is 9.97 Å². The van der Waals surface area contributed by atoms with Gasteiger partial charge in [-0.15, -0.1) is 13.2 Å². The summed E-state index contributed by atoms with van der Waals surface area (Å²) in [6, 6.07) is 9.37. The second-order valence-electron chi connectivity index (χ2n) is 36.5. The monoisotopic (exact) mass is 1740 g/mol. The molecule has 664 valence electrons. The molecule has 0 bridgehead atoms. The van der Waals surface area contributed by atoms with Crippen molar-refractivity contribution >= 4 is 104 Å². The minimum absolute atomic E-state index is 0. The Morgan fingerprint density at radius 3 is 1.21 bits per heavy atom. The Hall–Kier alpha value is -8.86. The van der Waals surface area contributed by atoms with Gasteiger partial charge in [-0.05, 0) is 150 Å². The number of nitrogens with one attached hydrogen (secondary N) is 2. The summed E-state index contributed by atoms with van der Waals surface area (Å²) < 4.78 is 69.2. The van der Waals surface area contributed by atoms with Crippen molar-refractivity contribution in [1.29, 1.82) is 0 Å². The average Bonchev–Trinajstić information content (AvgIpc) is 1.65. The summed E-state index contributed by atoms with van der Waals surface area (Å²) in [7, 11) is 5.77. The quantitative estimate of drug-likeness (QED) is 0.0121. The number of ketones is 2. The first-order valence-electron chi connectivity index (χ1n) is 41.8. The first-order valence-corrected chi connectivity index (χ1v) is 42.6. The molecule has 2 unspecified atom stereocenters. The van der Waals surface area contributed by atoms with Crippen molar-refractivity contribution in [3.63, 3.8) is 0 Å². The molecule has 6 heterocycles. The van der Waals surface area contributed by atoms with Crippen LogP contribution in [0.4, 0.5) is 12.0 Å². The molecule has 16 atom stereocenters. The number of allylic oxidation sites excluding steroid dienone is 2. The summed E-state index contributed by atoms with van der Waals surface area (Å²) in [6.45, 7) is 28.4. The summed E-state index contributed by atoms with van der Waals surface area (Å²) >= 11 is 13.9. The predicted molar refractivity (Wildman–Crippen MR) is 453 cm³/mol. The number of hydrogen-bond acceptors (Lipinski definition) is 27. The second kappa shape index (κ2) is 39.8. The van der Waals surface area contributed by atoms with Gasteiger partial charge in [-0.1, -0.05) is 76.9 Å². The van der Waals surface area contributed by atoms with Crippen molar-refractivity contribution in [2.24, 2.45) is 69.0 Å². The molecule has 14 rings (SSSR count). The van der Waals surface area contributed by atoms with Crippen molar-refractivity contribution in [2.45, 2.75) is 208 Å². The molecule has 123 heavy (non-hydrogen) atoms. The molecule has 30 nitrogen and oxygen atoms in total. The molecule has 6 aliphatic carbocycles. The minimum atomic E-state index is -1.05. The number of esters is 4. The van der Waals surface area contributed by atoms with Crippen molar-refractivity contribution in [3.8, 4) is 45.8 Å². The van der Waals surface area contributed by atoms with E-state index in [-0.39, 0.29) is 164 Å².